The van der Waals surface area contributed by atoms with E-state index in [-0.39, 0.29) is 23.6 Å². The number of alkyl halides is 3. The Kier molecular flexibility index (Phi) is 3.51. The lowest BCUT2D eigenvalue weighted by molar-refractivity contribution is -0.137. The van der Waals surface area contributed by atoms with E-state index in [0.717, 1.165) is 6.07 Å². The summed E-state index contributed by atoms with van der Waals surface area (Å²) in [4.78, 5) is 14.5. The molecule has 2 heterocycles. The predicted molar refractivity (Wildman–Crippen MR) is 74.9 cm³/mol. The number of halogens is 3. The van der Waals surface area contributed by atoms with Crippen molar-refractivity contribution in [1.82, 2.24) is 14.6 Å². The van der Waals surface area contributed by atoms with Crippen molar-refractivity contribution in [1.29, 1.82) is 0 Å². The van der Waals surface area contributed by atoms with Gasteiger partial charge in [-0.1, -0.05) is 18.2 Å². The van der Waals surface area contributed by atoms with Gasteiger partial charge in [-0.25, -0.2) is 4.98 Å². The van der Waals surface area contributed by atoms with Gasteiger partial charge in [0.1, 0.15) is 0 Å². The molecule has 0 saturated carbocycles. The minimum absolute atomic E-state index is 0.0319. The molecule has 0 aliphatic rings. The number of fused-ring (bicyclic) bond motifs is 1. The van der Waals surface area contributed by atoms with Gasteiger partial charge in [-0.15, -0.1) is 0 Å². The molecule has 3 aromatic rings. The smallest absolute Gasteiger partial charge is 0.408 e. The molecular formula is C15H10F3N3O2. The van der Waals surface area contributed by atoms with Crippen molar-refractivity contribution in [3.63, 3.8) is 0 Å². The van der Waals surface area contributed by atoms with Crippen LogP contribution in [-0.2, 0) is 11.0 Å². The summed E-state index contributed by atoms with van der Waals surface area (Å²) >= 11 is 0. The average Bonchev–Trinajstić information content (AvgIpc) is 2.91. The number of aryl methyl sites for hydroxylation is 1. The molecule has 0 N–H and O–H groups in total. The first-order valence-corrected chi connectivity index (χ1v) is 6.54. The maximum absolute atomic E-state index is 13.2. The quantitative estimate of drug-likeness (QED) is 0.695. The monoisotopic (exact) mass is 321 g/mol. The van der Waals surface area contributed by atoms with Crippen LogP contribution in [0.5, 0.6) is 5.88 Å². The summed E-state index contributed by atoms with van der Waals surface area (Å²) in [5, 5.41) is 4.13. The third-order valence-corrected chi connectivity index (χ3v) is 3.30. The second-order valence-corrected chi connectivity index (χ2v) is 4.80. The SMILES string of the molecule is Cc1cc(-c2ccccc2C(F)(F)F)nn2c(OC=O)cnc12. The van der Waals surface area contributed by atoms with Crippen LogP contribution in [0.15, 0.2) is 36.5 Å². The van der Waals surface area contributed by atoms with Gasteiger partial charge in [0.25, 0.3) is 6.47 Å². The van der Waals surface area contributed by atoms with Crippen molar-refractivity contribution in [2.24, 2.45) is 0 Å². The molecule has 0 spiro atoms. The lowest BCUT2D eigenvalue weighted by Gasteiger charge is -2.13. The van der Waals surface area contributed by atoms with Crippen LogP contribution in [0, 0.1) is 6.92 Å². The fourth-order valence-corrected chi connectivity index (χ4v) is 2.32. The lowest BCUT2D eigenvalue weighted by atomic mass is 10.0. The minimum atomic E-state index is -4.50. The van der Waals surface area contributed by atoms with E-state index < -0.39 is 11.7 Å². The topological polar surface area (TPSA) is 56.5 Å². The zero-order valence-electron chi connectivity index (χ0n) is 11.8. The number of rotatable bonds is 3. The molecular weight excluding hydrogens is 311 g/mol. The van der Waals surface area contributed by atoms with E-state index in [1.807, 2.05) is 0 Å². The molecule has 2 aromatic heterocycles. The Bertz CT molecular complexity index is 887. The number of imidazole rings is 1. The summed E-state index contributed by atoms with van der Waals surface area (Å²) < 4.78 is 45.5. The highest BCUT2D eigenvalue weighted by molar-refractivity contribution is 5.67. The Morgan fingerprint density at radius 2 is 2.00 bits per heavy atom. The van der Waals surface area contributed by atoms with Crippen molar-refractivity contribution in [3.8, 4) is 17.1 Å². The first kappa shape index (κ1) is 15.0. The Morgan fingerprint density at radius 3 is 2.70 bits per heavy atom. The molecule has 1 aromatic carbocycles. The van der Waals surface area contributed by atoms with Crippen LogP contribution >= 0.6 is 0 Å². The van der Waals surface area contributed by atoms with Crippen molar-refractivity contribution in [2.75, 3.05) is 0 Å². The van der Waals surface area contributed by atoms with E-state index in [4.69, 9.17) is 4.74 Å². The van der Waals surface area contributed by atoms with Gasteiger partial charge >= 0.3 is 6.18 Å². The number of nitrogens with zero attached hydrogens (tertiary/aromatic N) is 3. The fourth-order valence-electron chi connectivity index (χ4n) is 2.32. The van der Waals surface area contributed by atoms with Gasteiger partial charge in [-0.3, -0.25) is 4.79 Å². The third-order valence-electron chi connectivity index (χ3n) is 3.30. The maximum Gasteiger partial charge on any atom is 0.417 e. The number of hydrogen-bond donors (Lipinski definition) is 0. The molecule has 0 radical (unpaired) electrons. The van der Waals surface area contributed by atoms with Gasteiger partial charge in [0.05, 0.1) is 17.5 Å². The molecule has 3 rings (SSSR count). The molecule has 0 unspecified atom stereocenters. The van der Waals surface area contributed by atoms with Gasteiger partial charge in [0.15, 0.2) is 5.65 Å². The summed E-state index contributed by atoms with van der Waals surface area (Å²) in [6.07, 6.45) is -3.22. The summed E-state index contributed by atoms with van der Waals surface area (Å²) in [5.41, 5.74) is 0.263. The van der Waals surface area contributed by atoms with Gasteiger partial charge in [-0.05, 0) is 24.6 Å². The molecule has 0 atom stereocenters. The molecule has 0 aliphatic heterocycles. The van der Waals surface area contributed by atoms with Gasteiger partial charge in [0, 0.05) is 5.56 Å². The fraction of sp³-hybridized carbons (Fsp3) is 0.133. The molecule has 23 heavy (non-hydrogen) atoms. The van der Waals surface area contributed by atoms with Crippen LogP contribution < -0.4 is 4.74 Å². The van der Waals surface area contributed by atoms with Crippen molar-refractivity contribution < 1.29 is 22.7 Å². The van der Waals surface area contributed by atoms with Crippen LogP contribution in [-0.4, -0.2) is 21.1 Å². The Balaban J connectivity index is 2.25. The van der Waals surface area contributed by atoms with Gasteiger partial charge in [0.2, 0.25) is 5.88 Å². The molecule has 0 amide bonds. The van der Waals surface area contributed by atoms with Crippen LogP contribution in [0.3, 0.4) is 0 Å². The second-order valence-electron chi connectivity index (χ2n) is 4.80. The highest BCUT2D eigenvalue weighted by Crippen LogP contribution is 2.36. The van der Waals surface area contributed by atoms with Crippen LogP contribution in [0.25, 0.3) is 16.9 Å². The number of carbonyl (C=O) groups excluding carboxylic acids is 1. The normalized spacial score (nSPS) is 11.7. The zero-order valence-corrected chi connectivity index (χ0v) is 11.8. The van der Waals surface area contributed by atoms with Gasteiger partial charge in [-0.2, -0.15) is 22.8 Å². The van der Waals surface area contributed by atoms with E-state index in [9.17, 15) is 18.0 Å². The second kappa shape index (κ2) is 5.38. The largest absolute Gasteiger partial charge is 0.417 e. The Morgan fingerprint density at radius 1 is 1.26 bits per heavy atom. The first-order valence-electron chi connectivity index (χ1n) is 6.54. The molecule has 0 bridgehead atoms. The average molecular weight is 321 g/mol. The standard InChI is InChI=1S/C15H10F3N3O2/c1-9-6-12(10-4-2-3-5-11(10)15(16,17)18)20-21-13(23-8-22)7-19-14(9)21/h2-8H,1H3. The Hall–Kier alpha value is -2.90. The summed E-state index contributed by atoms with van der Waals surface area (Å²) in [6, 6.07) is 6.66. The number of carbonyl (C=O) groups is 1. The van der Waals surface area contributed by atoms with Crippen molar-refractivity contribution in [3.05, 3.63) is 47.7 Å². The maximum atomic E-state index is 13.2. The molecule has 0 aliphatic carbocycles. The molecule has 0 saturated heterocycles. The van der Waals surface area contributed by atoms with E-state index in [2.05, 4.69) is 10.1 Å². The summed E-state index contributed by atoms with van der Waals surface area (Å²) in [6.45, 7) is 1.89. The predicted octanol–water partition coefficient (Wildman–Crippen LogP) is 3.26. The zero-order chi connectivity index (χ0) is 16.6. The van der Waals surface area contributed by atoms with Crippen molar-refractivity contribution >= 4 is 12.1 Å². The molecule has 118 valence electrons. The van der Waals surface area contributed by atoms with E-state index in [1.54, 1.807) is 6.92 Å². The van der Waals surface area contributed by atoms with E-state index in [1.165, 1.54) is 35.0 Å². The van der Waals surface area contributed by atoms with Crippen LogP contribution in [0.4, 0.5) is 13.2 Å². The highest BCUT2D eigenvalue weighted by atomic mass is 19.4. The minimum Gasteiger partial charge on any atom is -0.408 e. The number of hydrogen-bond acceptors (Lipinski definition) is 4. The number of benzene rings is 1. The Labute approximate surface area is 128 Å². The summed E-state index contributed by atoms with van der Waals surface area (Å²) in [7, 11) is 0. The third kappa shape index (κ3) is 2.63. The molecule has 5 nitrogen and oxygen atoms in total. The molecule has 0 fully saturated rings. The van der Waals surface area contributed by atoms with Crippen LogP contribution in [0.2, 0.25) is 0 Å². The summed E-state index contributed by atoms with van der Waals surface area (Å²) in [5.74, 6) is 0.0319. The number of aromatic nitrogens is 3. The number of ether oxygens (including phenoxy) is 1. The highest BCUT2D eigenvalue weighted by Gasteiger charge is 2.33. The molecule has 8 heteroatoms. The first-order chi connectivity index (χ1) is 10.9. The lowest BCUT2D eigenvalue weighted by Crippen LogP contribution is -2.08. The van der Waals surface area contributed by atoms with Crippen LogP contribution in [0.1, 0.15) is 11.1 Å². The van der Waals surface area contributed by atoms with Gasteiger partial charge < -0.3 is 4.74 Å². The van der Waals surface area contributed by atoms with E-state index >= 15 is 0 Å². The van der Waals surface area contributed by atoms with E-state index in [0.29, 0.717) is 11.2 Å². The van der Waals surface area contributed by atoms with Crippen molar-refractivity contribution in [2.45, 2.75) is 13.1 Å².